The van der Waals surface area contributed by atoms with Crippen molar-refractivity contribution in [2.45, 2.75) is 45.4 Å². The maximum absolute atomic E-state index is 12.4. The molecule has 0 aromatic heterocycles. The molecular weight excluding hydrogens is 302 g/mol. The maximum atomic E-state index is 12.4. The van der Waals surface area contributed by atoms with E-state index in [2.05, 4.69) is 10.6 Å². The molecule has 0 aliphatic heterocycles. The SMILES string of the molecule is CCCNC(=O)c1cc(NC(=O)C2CCCCC2)ccc1N(C)C. The number of nitrogens with zero attached hydrogens (tertiary/aromatic N) is 1. The number of anilines is 2. The maximum Gasteiger partial charge on any atom is 0.253 e. The highest BCUT2D eigenvalue weighted by atomic mass is 16.2. The Hall–Kier alpha value is -2.04. The molecule has 5 heteroatoms. The van der Waals surface area contributed by atoms with Gasteiger partial charge in [-0.3, -0.25) is 9.59 Å². The van der Waals surface area contributed by atoms with E-state index < -0.39 is 0 Å². The van der Waals surface area contributed by atoms with Crippen molar-refractivity contribution < 1.29 is 9.59 Å². The van der Waals surface area contributed by atoms with Crippen LogP contribution >= 0.6 is 0 Å². The highest BCUT2D eigenvalue weighted by Gasteiger charge is 2.22. The molecule has 0 saturated heterocycles. The minimum absolute atomic E-state index is 0.0761. The topological polar surface area (TPSA) is 61.4 Å². The summed E-state index contributed by atoms with van der Waals surface area (Å²) in [6.45, 7) is 2.66. The van der Waals surface area contributed by atoms with Gasteiger partial charge >= 0.3 is 0 Å². The van der Waals surface area contributed by atoms with Crippen LogP contribution < -0.4 is 15.5 Å². The quantitative estimate of drug-likeness (QED) is 0.840. The number of carbonyl (C=O) groups is 2. The summed E-state index contributed by atoms with van der Waals surface area (Å²) in [6, 6.07) is 5.53. The zero-order valence-corrected chi connectivity index (χ0v) is 15.0. The Kier molecular flexibility index (Phi) is 6.64. The van der Waals surface area contributed by atoms with Crippen molar-refractivity contribution in [1.29, 1.82) is 0 Å². The lowest BCUT2D eigenvalue weighted by Crippen LogP contribution is -2.27. The third-order valence-corrected chi connectivity index (χ3v) is 4.50. The van der Waals surface area contributed by atoms with Crippen molar-refractivity contribution in [3.63, 3.8) is 0 Å². The number of hydrogen-bond donors (Lipinski definition) is 2. The average Bonchev–Trinajstić information content (AvgIpc) is 2.60. The van der Waals surface area contributed by atoms with Crippen LogP contribution in [0.2, 0.25) is 0 Å². The lowest BCUT2D eigenvalue weighted by molar-refractivity contribution is -0.120. The molecule has 1 saturated carbocycles. The van der Waals surface area contributed by atoms with E-state index >= 15 is 0 Å². The van der Waals surface area contributed by atoms with Crippen molar-refractivity contribution in [3.05, 3.63) is 23.8 Å². The first-order valence-electron chi connectivity index (χ1n) is 8.93. The molecule has 1 aromatic carbocycles. The lowest BCUT2D eigenvalue weighted by atomic mass is 9.88. The first-order valence-corrected chi connectivity index (χ1v) is 8.93. The molecule has 0 unspecified atom stereocenters. The smallest absolute Gasteiger partial charge is 0.253 e. The standard InChI is InChI=1S/C19H29N3O2/c1-4-12-20-19(24)16-13-15(10-11-17(16)22(2)3)21-18(23)14-8-6-5-7-9-14/h10-11,13-14H,4-9,12H2,1-3H3,(H,20,24)(H,21,23). The van der Waals surface area contributed by atoms with Gasteiger partial charge in [0.15, 0.2) is 0 Å². The predicted molar refractivity (Wildman–Crippen MR) is 98.6 cm³/mol. The monoisotopic (exact) mass is 331 g/mol. The molecule has 132 valence electrons. The summed E-state index contributed by atoms with van der Waals surface area (Å²) in [5.74, 6) is 0.0752. The molecular formula is C19H29N3O2. The lowest BCUT2D eigenvalue weighted by Gasteiger charge is -2.22. The van der Waals surface area contributed by atoms with Gasteiger partial charge in [-0.1, -0.05) is 26.2 Å². The van der Waals surface area contributed by atoms with Gasteiger partial charge in [-0.05, 0) is 37.5 Å². The molecule has 1 aliphatic carbocycles. The third-order valence-electron chi connectivity index (χ3n) is 4.50. The van der Waals surface area contributed by atoms with E-state index in [9.17, 15) is 9.59 Å². The van der Waals surface area contributed by atoms with E-state index in [1.165, 1.54) is 6.42 Å². The van der Waals surface area contributed by atoms with E-state index in [0.717, 1.165) is 37.8 Å². The highest BCUT2D eigenvalue weighted by molar-refractivity contribution is 6.02. The van der Waals surface area contributed by atoms with Gasteiger partial charge in [-0.15, -0.1) is 0 Å². The molecule has 2 amide bonds. The normalized spacial score (nSPS) is 15.0. The molecule has 24 heavy (non-hydrogen) atoms. The van der Waals surface area contributed by atoms with Gasteiger partial charge in [-0.2, -0.15) is 0 Å². The molecule has 1 fully saturated rings. The zero-order chi connectivity index (χ0) is 17.5. The van der Waals surface area contributed by atoms with Crippen LogP contribution in [-0.4, -0.2) is 32.5 Å². The molecule has 0 radical (unpaired) electrons. The Bertz CT molecular complexity index is 578. The van der Waals surface area contributed by atoms with Crippen molar-refractivity contribution in [3.8, 4) is 0 Å². The minimum Gasteiger partial charge on any atom is -0.377 e. The second-order valence-corrected chi connectivity index (χ2v) is 6.71. The molecule has 1 aromatic rings. The number of benzene rings is 1. The Morgan fingerprint density at radius 2 is 1.88 bits per heavy atom. The summed E-state index contributed by atoms with van der Waals surface area (Å²) in [7, 11) is 3.82. The first-order chi connectivity index (χ1) is 11.5. The molecule has 0 heterocycles. The molecule has 0 atom stereocenters. The summed E-state index contributed by atoms with van der Waals surface area (Å²) in [6.07, 6.45) is 6.30. The van der Waals surface area contributed by atoms with Crippen LogP contribution in [0.25, 0.3) is 0 Å². The molecule has 5 nitrogen and oxygen atoms in total. The number of rotatable bonds is 6. The van der Waals surface area contributed by atoms with Crippen LogP contribution in [0.1, 0.15) is 55.8 Å². The van der Waals surface area contributed by atoms with Gasteiger partial charge < -0.3 is 15.5 Å². The van der Waals surface area contributed by atoms with Crippen LogP contribution in [0.4, 0.5) is 11.4 Å². The van der Waals surface area contributed by atoms with Crippen LogP contribution in [0, 0.1) is 5.92 Å². The second-order valence-electron chi connectivity index (χ2n) is 6.71. The van der Waals surface area contributed by atoms with E-state index in [-0.39, 0.29) is 17.7 Å². The zero-order valence-electron chi connectivity index (χ0n) is 15.0. The Balaban J connectivity index is 2.15. The summed E-state index contributed by atoms with van der Waals surface area (Å²) >= 11 is 0. The van der Waals surface area contributed by atoms with E-state index in [0.29, 0.717) is 17.8 Å². The van der Waals surface area contributed by atoms with Gasteiger partial charge in [0.25, 0.3) is 5.91 Å². The van der Waals surface area contributed by atoms with Crippen molar-refractivity contribution in [2.75, 3.05) is 30.9 Å². The molecule has 2 rings (SSSR count). The fourth-order valence-corrected chi connectivity index (χ4v) is 3.13. The minimum atomic E-state index is -0.102. The Morgan fingerprint density at radius 1 is 1.17 bits per heavy atom. The van der Waals surface area contributed by atoms with Gasteiger partial charge in [0, 0.05) is 37.9 Å². The molecule has 0 bridgehead atoms. The number of nitrogens with one attached hydrogen (secondary N) is 2. The van der Waals surface area contributed by atoms with Gasteiger partial charge in [-0.25, -0.2) is 0 Å². The Morgan fingerprint density at radius 3 is 2.50 bits per heavy atom. The molecule has 1 aliphatic rings. The van der Waals surface area contributed by atoms with Crippen LogP contribution in [-0.2, 0) is 4.79 Å². The second kappa shape index (κ2) is 8.71. The third kappa shape index (κ3) is 4.73. The summed E-state index contributed by atoms with van der Waals surface area (Å²) < 4.78 is 0. The fraction of sp³-hybridized carbons (Fsp3) is 0.579. The van der Waals surface area contributed by atoms with Crippen LogP contribution in [0.5, 0.6) is 0 Å². The number of hydrogen-bond acceptors (Lipinski definition) is 3. The van der Waals surface area contributed by atoms with E-state index in [4.69, 9.17) is 0 Å². The Labute approximate surface area is 144 Å². The number of carbonyl (C=O) groups excluding carboxylic acids is 2. The molecule has 0 spiro atoms. The van der Waals surface area contributed by atoms with Gasteiger partial charge in [0.05, 0.1) is 5.56 Å². The summed E-state index contributed by atoms with van der Waals surface area (Å²) in [5.41, 5.74) is 2.13. The van der Waals surface area contributed by atoms with Crippen LogP contribution in [0.3, 0.4) is 0 Å². The van der Waals surface area contributed by atoms with E-state index in [1.807, 2.05) is 38.1 Å². The number of amides is 2. The first kappa shape index (κ1) is 18.3. The van der Waals surface area contributed by atoms with E-state index in [1.54, 1.807) is 6.07 Å². The molecule has 2 N–H and O–H groups in total. The van der Waals surface area contributed by atoms with Crippen LogP contribution in [0.15, 0.2) is 18.2 Å². The van der Waals surface area contributed by atoms with Gasteiger partial charge in [0.2, 0.25) is 5.91 Å². The average molecular weight is 331 g/mol. The largest absolute Gasteiger partial charge is 0.377 e. The van der Waals surface area contributed by atoms with Crippen molar-refractivity contribution in [2.24, 2.45) is 5.92 Å². The highest BCUT2D eigenvalue weighted by Crippen LogP contribution is 2.27. The van der Waals surface area contributed by atoms with Crippen molar-refractivity contribution in [1.82, 2.24) is 5.32 Å². The van der Waals surface area contributed by atoms with Gasteiger partial charge in [0.1, 0.15) is 0 Å². The predicted octanol–water partition coefficient (Wildman–Crippen LogP) is 3.41. The fourth-order valence-electron chi connectivity index (χ4n) is 3.13. The van der Waals surface area contributed by atoms with Crippen molar-refractivity contribution >= 4 is 23.2 Å². The summed E-state index contributed by atoms with van der Waals surface area (Å²) in [5, 5.41) is 5.90. The summed E-state index contributed by atoms with van der Waals surface area (Å²) in [4.78, 5) is 26.7.